The maximum atomic E-state index is 10.8. The van der Waals surface area contributed by atoms with Crippen molar-refractivity contribution >= 4 is 22.5 Å². The van der Waals surface area contributed by atoms with Crippen LogP contribution >= 0.6 is 11.6 Å². The van der Waals surface area contributed by atoms with E-state index in [1.807, 2.05) is 0 Å². The monoisotopic (exact) mass is 213 g/mol. The third-order valence-corrected chi connectivity index (χ3v) is 2.25. The van der Waals surface area contributed by atoms with Gasteiger partial charge in [0.05, 0.1) is 10.8 Å². The van der Waals surface area contributed by atoms with Crippen LogP contribution in [0.2, 0.25) is 0 Å². The van der Waals surface area contributed by atoms with Gasteiger partial charge in [0, 0.05) is 12.1 Å². The molecule has 0 spiro atoms. The normalized spacial score (nSPS) is 12.1. The van der Waals surface area contributed by atoms with Gasteiger partial charge in [0.1, 0.15) is 0 Å². The first-order chi connectivity index (χ1) is 6.52. The van der Waals surface area contributed by atoms with Crippen molar-refractivity contribution in [3.63, 3.8) is 0 Å². The molecule has 0 N–H and O–H groups in total. The maximum absolute atomic E-state index is 10.8. The molecule has 74 valence electrons. The van der Waals surface area contributed by atoms with E-state index in [-0.39, 0.29) is 5.69 Å². The number of nitro benzene ring substituents is 1. The van der Waals surface area contributed by atoms with Crippen LogP contribution in [0.4, 0.5) is 5.69 Å². The highest BCUT2D eigenvalue weighted by molar-refractivity contribution is 6.64. The zero-order valence-electron chi connectivity index (χ0n) is 7.44. The van der Waals surface area contributed by atoms with E-state index in [9.17, 15) is 14.9 Å². The molecule has 0 saturated heterocycles. The minimum absolute atomic E-state index is 0.0349. The van der Waals surface area contributed by atoms with Crippen molar-refractivity contribution in [2.24, 2.45) is 0 Å². The van der Waals surface area contributed by atoms with Gasteiger partial charge in [-0.1, -0.05) is 19.1 Å². The van der Waals surface area contributed by atoms with Gasteiger partial charge in [-0.05, 0) is 17.2 Å². The summed E-state index contributed by atoms with van der Waals surface area (Å²) in [5.74, 6) is -0.517. The Labute approximate surface area is 85.6 Å². The van der Waals surface area contributed by atoms with Crippen LogP contribution < -0.4 is 0 Å². The molecule has 0 fully saturated rings. The SMILES string of the molecule is C[C@@H](C(=O)Cl)c1cccc([N+](=O)[O-])c1. The highest BCUT2D eigenvalue weighted by Crippen LogP contribution is 2.22. The van der Waals surface area contributed by atoms with Gasteiger partial charge >= 0.3 is 0 Å². The van der Waals surface area contributed by atoms with E-state index in [1.54, 1.807) is 13.0 Å². The molecule has 4 nitrogen and oxygen atoms in total. The smallest absolute Gasteiger partial charge is 0.269 e. The van der Waals surface area contributed by atoms with Crippen molar-refractivity contribution in [1.29, 1.82) is 0 Å². The molecule has 0 aliphatic carbocycles. The molecule has 1 atom stereocenters. The minimum atomic E-state index is -0.523. The summed E-state index contributed by atoms with van der Waals surface area (Å²) in [5, 5.41) is 9.91. The Morgan fingerprint density at radius 2 is 2.21 bits per heavy atom. The van der Waals surface area contributed by atoms with E-state index in [0.717, 1.165) is 0 Å². The van der Waals surface area contributed by atoms with Gasteiger partial charge in [-0.15, -0.1) is 0 Å². The number of rotatable bonds is 3. The zero-order valence-corrected chi connectivity index (χ0v) is 8.19. The number of hydrogen-bond donors (Lipinski definition) is 0. The minimum Gasteiger partial charge on any atom is -0.281 e. The van der Waals surface area contributed by atoms with Crippen molar-refractivity contribution < 1.29 is 9.72 Å². The van der Waals surface area contributed by atoms with Gasteiger partial charge in [-0.3, -0.25) is 14.9 Å². The standard InChI is InChI=1S/C9H8ClNO3/c1-6(9(10)12)7-3-2-4-8(5-7)11(13)14/h2-6H,1H3/t6-/m1/s1. The predicted molar refractivity (Wildman–Crippen MR) is 52.4 cm³/mol. The fourth-order valence-electron chi connectivity index (χ4n) is 1.04. The Bertz CT molecular complexity index is 378. The molecule has 0 heterocycles. The van der Waals surface area contributed by atoms with Crippen LogP contribution in [0.25, 0.3) is 0 Å². The summed E-state index contributed by atoms with van der Waals surface area (Å²) in [4.78, 5) is 20.7. The molecule has 14 heavy (non-hydrogen) atoms. The second kappa shape index (κ2) is 4.19. The average molecular weight is 214 g/mol. The van der Waals surface area contributed by atoms with Gasteiger partial charge < -0.3 is 0 Å². The lowest BCUT2D eigenvalue weighted by atomic mass is 10.0. The second-order valence-electron chi connectivity index (χ2n) is 2.88. The fourth-order valence-corrected chi connectivity index (χ4v) is 1.16. The number of carbonyl (C=O) groups excluding carboxylic acids is 1. The van der Waals surface area contributed by atoms with E-state index in [2.05, 4.69) is 0 Å². The molecule has 5 heteroatoms. The van der Waals surface area contributed by atoms with Gasteiger partial charge in [0.2, 0.25) is 5.24 Å². The van der Waals surface area contributed by atoms with Crippen LogP contribution in [-0.4, -0.2) is 10.2 Å². The van der Waals surface area contributed by atoms with Crippen LogP contribution in [-0.2, 0) is 4.79 Å². The summed E-state index contributed by atoms with van der Waals surface area (Å²) >= 11 is 5.29. The predicted octanol–water partition coefficient (Wildman–Crippen LogP) is 2.46. The van der Waals surface area contributed by atoms with Gasteiger partial charge in [-0.2, -0.15) is 0 Å². The first-order valence-electron chi connectivity index (χ1n) is 3.96. The van der Waals surface area contributed by atoms with E-state index >= 15 is 0 Å². The Kier molecular flexibility index (Phi) is 3.19. The maximum Gasteiger partial charge on any atom is 0.269 e. The fraction of sp³-hybridized carbons (Fsp3) is 0.222. The summed E-state index contributed by atoms with van der Waals surface area (Å²) in [6.07, 6.45) is 0. The van der Waals surface area contributed by atoms with Crippen molar-refractivity contribution in [2.75, 3.05) is 0 Å². The molecule has 0 unspecified atom stereocenters. The molecule has 1 aromatic rings. The summed E-state index contributed by atoms with van der Waals surface area (Å²) in [7, 11) is 0. The molecule has 1 rings (SSSR count). The third kappa shape index (κ3) is 2.29. The van der Waals surface area contributed by atoms with E-state index in [0.29, 0.717) is 5.56 Å². The summed E-state index contributed by atoms with van der Waals surface area (Å²) in [6.45, 7) is 1.61. The topological polar surface area (TPSA) is 60.2 Å². The van der Waals surface area contributed by atoms with Gasteiger partial charge in [0.15, 0.2) is 0 Å². The molecule has 0 bridgehead atoms. The highest BCUT2D eigenvalue weighted by atomic mass is 35.5. The molecule has 0 saturated carbocycles. The molecular formula is C9H8ClNO3. The first-order valence-corrected chi connectivity index (χ1v) is 4.34. The quantitative estimate of drug-likeness (QED) is 0.440. The number of nitrogens with zero attached hydrogens (tertiary/aromatic N) is 1. The summed E-state index contributed by atoms with van der Waals surface area (Å²) in [5.41, 5.74) is 0.520. The Balaban J connectivity index is 3.05. The van der Waals surface area contributed by atoms with Crippen molar-refractivity contribution in [2.45, 2.75) is 12.8 Å². The largest absolute Gasteiger partial charge is 0.281 e. The number of benzene rings is 1. The van der Waals surface area contributed by atoms with Crippen molar-refractivity contribution in [3.8, 4) is 0 Å². The molecule has 0 aliphatic heterocycles. The average Bonchev–Trinajstić information content (AvgIpc) is 2.16. The van der Waals surface area contributed by atoms with E-state index in [4.69, 9.17) is 11.6 Å². The van der Waals surface area contributed by atoms with Crippen LogP contribution in [0.1, 0.15) is 18.4 Å². The highest BCUT2D eigenvalue weighted by Gasteiger charge is 2.15. The zero-order chi connectivity index (χ0) is 10.7. The molecule has 0 radical (unpaired) electrons. The number of non-ortho nitro benzene ring substituents is 1. The van der Waals surface area contributed by atoms with Gasteiger partial charge in [0.25, 0.3) is 5.69 Å². The van der Waals surface area contributed by atoms with Crippen LogP contribution in [0.5, 0.6) is 0 Å². The molecular weight excluding hydrogens is 206 g/mol. The number of carbonyl (C=O) groups is 1. The molecule has 0 aromatic heterocycles. The lowest BCUT2D eigenvalue weighted by Gasteiger charge is -2.05. The Morgan fingerprint density at radius 3 is 2.71 bits per heavy atom. The van der Waals surface area contributed by atoms with Crippen LogP contribution in [0.3, 0.4) is 0 Å². The number of hydrogen-bond acceptors (Lipinski definition) is 3. The van der Waals surface area contributed by atoms with E-state index < -0.39 is 16.1 Å². The first kappa shape index (κ1) is 10.7. The van der Waals surface area contributed by atoms with E-state index in [1.165, 1.54) is 18.2 Å². The third-order valence-electron chi connectivity index (χ3n) is 1.92. The molecule has 1 aromatic carbocycles. The Hall–Kier alpha value is -1.42. The lowest BCUT2D eigenvalue weighted by Crippen LogP contribution is -2.02. The van der Waals surface area contributed by atoms with Crippen molar-refractivity contribution in [1.82, 2.24) is 0 Å². The number of halogens is 1. The Morgan fingerprint density at radius 1 is 1.57 bits per heavy atom. The summed E-state index contributed by atoms with van der Waals surface area (Å²) < 4.78 is 0. The van der Waals surface area contributed by atoms with Crippen LogP contribution in [0, 0.1) is 10.1 Å². The van der Waals surface area contributed by atoms with Crippen molar-refractivity contribution in [3.05, 3.63) is 39.9 Å². The molecule has 0 aliphatic rings. The lowest BCUT2D eigenvalue weighted by molar-refractivity contribution is -0.384. The molecule has 0 amide bonds. The second-order valence-corrected chi connectivity index (χ2v) is 3.25. The summed E-state index contributed by atoms with van der Waals surface area (Å²) in [6, 6.07) is 5.89. The van der Waals surface area contributed by atoms with Crippen LogP contribution in [0.15, 0.2) is 24.3 Å². The van der Waals surface area contributed by atoms with Gasteiger partial charge in [-0.25, -0.2) is 0 Å². The number of nitro groups is 1.